The molecule has 2 aliphatic rings. The summed E-state index contributed by atoms with van der Waals surface area (Å²) in [6, 6.07) is 20.7. The molecule has 0 aromatic heterocycles. The second-order valence-electron chi connectivity index (χ2n) is 5.83. The first-order chi connectivity index (χ1) is 12.7. The van der Waals surface area contributed by atoms with Crippen molar-refractivity contribution in [2.75, 3.05) is 22.9 Å². The van der Waals surface area contributed by atoms with Crippen molar-refractivity contribution in [3.63, 3.8) is 0 Å². The van der Waals surface area contributed by atoms with Crippen molar-refractivity contribution in [3.8, 4) is 0 Å². The fraction of sp³-hybridized carbons (Fsp3) is 0.100. The molecule has 2 aromatic rings. The SMILES string of the molecule is FC1=CN(c2[c-]cccc2)[CH-]N1CCN1[CH-]N(c2[c-]cccc2)C=C1F.[Pt+4]. The van der Waals surface area contributed by atoms with E-state index in [-0.39, 0.29) is 33.0 Å². The van der Waals surface area contributed by atoms with E-state index < -0.39 is 0 Å². The van der Waals surface area contributed by atoms with Gasteiger partial charge in [-0.2, -0.15) is 82.8 Å². The summed E-state index contributed by atoms with van der Waals surface area (Å²) in [7, 11) is 0. The van der Waals surface area contributed by atoms with E-state index in [2.05, 4.69) is 12.1 Å². The zero-order valence-electron chi connectivity index (χ0n) is 14.2. The van der Waals surface area contributed by atoms with Crippen molar-refractivity contribution in [3.05, 3.63) is 98.3 Å². The maximum Gasteiger partial charge on any atom is 4.00 e. The van der Waals surface area contributed by atoms with Crippen molar-refractivity contribution in [2.45, 2.75) is 0 Å². The Hall–Kier alpha value is -2.33. The summed E-state index contributed by atoms with van der Waals surface area (Å²) in [5.41, 5.74) is 1.49. The molecule has 0 unspecified atom stereocenters. The van der Waals surface area contributed by atoms with Crippen LogP contribution in [0.3, 0.4) is 0 Å². The van der Waals surface area contributed by atoms with E-state index in [0.29, 0.717) is 13.1 Å². The molecule has 7 heteroatoms. The van der Waals surface area contributed by atoms with Gasteiger partial charge in [0.1, 0.15) is 0 Å². The Balaban J connectivity index is 0.00000210. The summed E-state index contributed by atoms with van der Waals surface area (Å²) in [6.45, 7) is 3.88. The predicted octanol–water partition coefficient (Wildman–Crippen LogP) is 4.00. The van der Waals surface area contributed by atoms with Crippen molar-refractivity contribution in [1.82, 2.24) is 9.80 Å². The molecule has 0 N–H and O–H groups in total. The minimum Gasteiger partial charge on any atom is -0.498 e. The Morgan fingerprint density at radius 2 is 1.19 bits per heavy atom. The Morgan fingerprint density at radius 3 is 1.56 bits per heavy atom. The van der Waals surface area contributed by atoms with Crippen molar-refractivity contribution in [1.29, 1.82) is 0 Å². The van der Waals surface area contributed by atoms with Gasteiger partial charge in [-0.3, -0.25) is 0 Å². The second kappa shape index (κ2) is 8.57. The monoisotopic (exact) mass is 545 g/mol. The number of anilines is 2. The predicted molar refractivity (Wildman–Crippen MR) is 95.9 cm³/mol. The standard InChI is InChI=1S/C20H16F2N4.Pt/c21-19-13-25(17-7-3-1-4-8-17)15-23(19)11-12-24-16-26(14-20(24)22)18-9-5-2-6-10-18;/h1-7,9,13-16H,11-12H2;/q-4;+4. The third kappa shape index (κ3) is 4.33. The van der Waals surface area contributed by atoms with E-state index in [1.165, 1.54) is 22.2 Å². The van der Waals surface area contributed by atoms with E-state index in [1.54, 1.807) is 35.3 Å². The first kappa shape index (κ1) is 19.4. The molecule has 0 amide bonds. The van der Waals surface area contributed by atoms with E-state index in [9.17, 15) is 8.78 Å². The van der Waals surface area contributed by atoms with E-state index >= 15 is 0 Å². The number of hydrogen-bond acceptors (Lipinski definition) is 4. The largest absolute Gasteiger partial charge is 4.00 e. The molecule has 2 heterocycles. The molecule has 27 heavy (non-hydrogen) atoms. The molecule has 0 saturated carbocycles. The van der Waals surface area contributed by atoms with Gasteiger partial charge < -0.3 is 19.6 Å². The zero-order valence-corrected chi connectivity index (χ0v) is 16.5. The third-order valence-corrected chi connectivity index (χ3v) is 4.09. The summed E-state index contributed by atoms with van der Waals surface area (Å²) >= 11 is 0. The van der Waals surface area contributed by atoms with Crippen LogP contribution in [0, 0.1) is 25.5 Å². The minimum atomic E-state index is -0.390. The van der Waals surface area contributed by atoms with Crippen LogP contribution >= 0.6 is 0 Å². The van der Waals surface area contributed by atoms with Crippen LogP contribution in [-0.4, -0.2) is 22.9 Å². The van der Waals surface area contributed by atoms with Gasteiger partial charge in [0.05, 0.1) is 0 Å². The molecular formula is C20H16F2N4Pt. The van der Waals surface area contributed by atoms with Gasteiger partial charge in [0.15, 0.2) is 11.9 Å². The molecule has 0 radical (unpaired) electrons. The van der Waals surface area contributed by atoms with Gasteiger partial charge in [0.2, 0.25) is 0 Å². The van der Waals surface area contributed by atoms with Crippen LogP contribution in [0.4, 0.5) is 20.2 Å². The first-order valence-electron chi connectivity index (χ1n) is 8.19. The average Bonchev–Trinajstić information content (AvgIpc) is 3.24. The fourth-order valence-electron chi connectivity index (χ4n) is 2.75. The van der Waals surface area contributed by atoms with E-state index in [4.69, 9.17) is 0 Å². The molecule has 0 bridgehead atoms. The molecule has 0 spiro atoms. The molecule has 0 saturated heterocycles. The number of rotatable bonds is 5. The van der Waals surface area contributed by atoms with Gasteiger partial charge >= 0.3 is 21.1 Å². The molecule has 2 aromatic carbocycles. The third-order valence-electron chi connectivity index (χ3n) is 4.09. The summed E-state index contributed by atoms with van der Waals surface area (Å²) in [5, 5.41) is 0. The van der Waals surface area contributed by atoms with Crippen LogP contribution < -0.4 is 9.80 Å². The van der Waals surface area contributed by atoms with Crippen molar-refractivity contribution in [2.24, 2.45) is 0 Å². The van der Waals surface area contributed by atoms with Gasteiger partial charge in [-0.15, -0.1) is 11.4 Å². The summed E-state index contributed by atoms with van der Waals surface area (Å²) in [5.74, 6) is -0.779. The van der Waals surface area contributed by atoms with Crippen molar-refractivity contribution < 1.29 is 29.8 Å². The molecule has 4 rings (SSSR count). The zero-order chi connectivity index (χ0) is 17.9. The Bertz CT molecular complexity index is 744. The molecule has 140 valence electrons. The number of hydrogen-bond donors (Lipinski definition) is 0. The Labute approximate surface area is 172 Å². The summed E-state index contributed by atoms with van der Waals surface area (Å²) < 4.78 is 28.4. The molecule has 2 aliphatic heterocycles. The number of nitrogens with zero attached hydrogens (tertiary/aromatic N) is 4. The van der Waals surface area contributed by atoms with Crippen LogP contribution in [0.1, 0.15) is 0 Å². The Kier molecular flexibility index (Phi) is 6.17. The molecule has 0 aliphatic carbocycles. The topological polar surface area (TPSA) is 13.0 Å². The number of para-hydroxylation sites is 2. The normalized spacial score (nSPS) is 16.4. The summed E-state index contributed by atoms with van der Waals surface area (Å²) in [4.78, 5) is 6.19. The van der Waals surface area contributed by atoms with Gasteiger partial charge in [0, 0.05) is 25.5 Å². The van der Waals surface area contributed by atoms with Gasteiger partial charge in [-0.25, -0.2) is 0 Å². The second-order valence-corrected chi connectivity index (χ2v) is 5.83. The first-order valence-corrected chi connectivity index (χ1v) is 8.19. The molecule has 4 nitrogen and oxygen atoms in total. The van der Waals surface area contributed by atoms with E-state index in [1.807, 2.05) is 36.4 Å². The van der Waals surface area contributed by atoms with Gasteiger partial charge in [0.25, 0.3) is 0 Å². The van der Waals surface area contributed by atoms with Crippen LogP contribution in [-0.2, 0) is 21.1 Å². The minimum absolute atomic E-state index is 0. The van der Waals surface area contributed by atoms with Crippen LogP contribution in [0.2, 0.25) is 0 Å². The smallest absolute Gasteiger partial charge is 0.498 e. The Morgan fingerprint density at radius 1 is 0.741 bits per heavy atom. The molecule has 0 fully saturated rings. The van der Waals surface area contributed by atoms with Crippen LogP contribution in [0.15, 0.2) is 72.8 Å². The van der Waals surface area contributed by atoms with E-state index in [0.717, 1.165) is 11.4 Å². The van der Waals surface area contributed by atoms with Gasteiger partial charge in [-0.05, 0) is 0 Å². The average molecular weight is 545 g/mol. The number of benzene rings is 2. The molecule has 0 atom stereocenters. The molecular weight excluding hydrogens is 529 g/mol. The van der Waals surface area contributed by atoms with Crippen LogP contribution in [0.25, 0.3) is 0 Å². The number of halogens is 2. The summed E-state index contributed by atoms with van der Waals surface area (Å²) in [6.07, 6.45) is 2.77. The quantitative estimate of drug-likeness (QED) is 0.416. The maximum absolute atomic E-state index is 14.2. The van der Waals surface area contributed by atoms with Crippen molar-refractivity contribution >= 4 is 11.4 Å². The van der Waals surface area contributed by atoms with Crippen LogP contribution in [0.5, 0.6) is 0 Å². The fourth-order valence-corrected chi connectivity index (χ4v) is 2.75. The maximum atomic E-state index is 14.2. The van der Waals surface area contributed by atoms with Gasteiger partial charge in [-0.1, -0.05) is 0 Å².